The van der Waals surface area contributed by atoms with Crippen LogP contribution in [0.15, 0.2) is 50.4 Å². The van der Waals surface area contributed by atoms with Gasteiger partial charge in [0.2, 0.25) is 0 Å². The summed E-state index contributed by atoms with van der Waals surface area (Å²) in [7, 11) is 3.80. The summed E-state index contributed by atoms with van der Waals surface area (Å²) in [6.07, 6.45) is 0. The molecular weight excluding hydrogens is 339 g/mol. The Morgan fingerprint density at radius 3 is 2.30 bits per heavy atom. The minimum Gasteiger partial charge on any atom is -0.407 e. The van der Waals surface area contributed by atoms with Crippen molar-refractivity contribution in [3.8, 4) is 5.69 Å². The van der Waals surface area contributed by atoms with E-state index in [-0.39, 0.29) is 16.0 Å². The molecule has 0 bridgehead atoms. The van der Waals surface area contributed by atoms with Crippen LogP contribution in [0, 0.1) is 0 Å². The van der Waals surface area contributed by atoms with Gasteiger partial charge in [0.05, 0.1) is 16.1 Å². The number of halogens is 2. The van der Waals surface area contributed by atoms with Crippen molar-refractivity contribution in [1.82, 2.24) is 4.57 Å². The smallest absolute Gasteiger partial charge is 0.407 e. The lowest BCUT2D eigenvalue weighted by Gasteiger charge is -2.13. The molecule has 3 aromatic rings. The number of hydrogen-bond donors (Lipinski definition) is 0. The van der Waals surface area contributed by atoms with Gasteiger partial charge in [-0.2, -0.15) is 0 Å². The Labute approximate surface area is 141 Å². The number of hydrogen-bond acceptors (Lipinski definition) is 4. The molecule has 2 aromatic carbocycles. The van der Waals surface area contributed by atoms with Crippen LogP contribution in [-0.4, -0.2) is 18.7 Å². The minimum atomic E-state index is -0.802. The Kier molecular flexibility index (Phi) is 3.92. The van der Waals surface area contributed by atoms with E-state index in [0.717, 1.165) is 10.3 Å². The van der Waals surface area contributed by atoms with Gasteiger partial charge in [0.15, 0.2) is 5.58 Å². The van der Waals surface area contributed by atoms with Crippen molar-refractivity contribution in [2.75, 3.05) is 19.0 Å². The molecule has 0 amide bonds. The Hall–Kier alpha value is -2.24. The zero-order chi connectivity index (χ0) is 16.7. The highest BCUT2D eigenvalue weighted by atomic mass is 35.5. The third kappa shape index (κ3) is 2.73. The number of anilines is 1. The molecule has 0 N–H and O–H groups in total. The Morgan fingerprint density at radius 2 is 1.70 bits per heavy atom. The fourth-order valence-electron chi connectivity index (χ4n) is 2.28. The maximum absolute atomic E-state index is 12.6. The average molecular weight is 351 g/mol. The summed E-state index contributed by atoms with van der Waals surface area (Å²) < 4.78 is 6.15. The minimum absolute atomic E-state index is 0.0345. The summed E-state index contributed by atoms with van der Waals surface area (Å²) in [6.45, 7) is 0. The van der Waals surface area contributed by atoms with Crippen molar-refractivity contribution in [3.05, 3.63) is 67.3 Å². The van der Waals surface area contributed by atoms with Crippen molar-refractivity contribution < 1.29 is 4.42 Å². The first kappa shape index (κ1) is 15.6. The molecule has 0 aliphatic heterocycles. The molecule has 0 atom stereocenters. The molecule has 0 aliphatic rings. The maximum Gasteiger partial charge on any atom is 0.427 e. The molecule has 5 nitrogen and oxygen atoms in total. The van der Waals surface area contributed by atoms with Gasteiger partial charge in [-0.05, 0) is 36.4 Å². The zero-order valence-corrected chi connectivity index (χ0v) is 13.9. The first-order valence-corrected chi connectivity index (χ1v) is 7.47. The molecular formula is C16H12Cl2N2O3. The van der Waals surface area contributed by atoms with E-state index in [1.165, 1.54) is 12.1 Å². The standard InChI is InChI=1S/C16H12Cl2N2O3/c1-19(2)10-3-5-11(6-4-10)20-15(21)12-7-9(17)8-13(18)14(12)23-16(20)22/h3-8H,1-2H3. The average Bonchev–Trinajstić information content (AvgIpc) is 2.49. The summed E-state index contributed by atoms with van der Waals surface area (Å²) >= 11 is 11.9. The summed E-state index contributed by atoms with van der Waals surface area (Å²) in [5.74, 6) is -0.802. The van der Waals surface area contributed by atoms with Crippen molar-refractivity contribution in [3.63, 3.8) is 0 Å². The van der Waals surface area contributed by atoms with Crippen LogP contribution in [-0.2, 0) is 0 Å². The molecule has 0 spiro atoms. The van der Waals surface area contributed by atoms with Crippen LogP contribution in [0.3, 0.4) is 0 Å². The topological polar surface area (TPSA) is 55.5 Å². The predicted octanol–water partition coefficient (Wildman–Crippen LogP) is 3.32. The van der Waals surface area contributed by atoms with Gasteiger partial charge < -0.3 is 9.32 Å². The van der Waals surface area contributed by atoms with Crippen LogP contribution in [0.1, 0.15) is 0 Å². The fraction of sp³-hybridized carbons (Fsp3) is 0.125. The number of fused-ring (bicyclic) bond motifs is 1. The molecule has 0 fully saturated rings. The Balaban J connectivity index is 2.30. The molecule has 0 radical (unpaired) electrons. The van der Waals surface area contributed by atoms with Gasteiger partial charge in [0.25, 0.3) is 5.56 Å². The van der Waals surface area contributed by atoms with Crippen LogP contribution in [0.2, 0.25) is 10.0 Å². The van der Waals surface area contributed by atoms with Crippen molar-refractivity contribution in [2.24, 2.45) is 0 Å². The molecule has 7 heteroatoms. The van der Waals surface area contributed by atoms with E-state index in [2.05, 4.69) is 0 Å². The van der Waals surface area contributed by atoms with Gasteiger partial charge >= 0.3 is 5.76 Å². The lowest BCUT2D eigenvalue weighted by molar-refractivity contribution is 0.504. The molecule has 0 aliphatic carbocycles. The van der Waals surface area contributed by atoms with Crippen molar-refractivity contribution in [2.45, 2.75) is 0 Å². The molecule has 0 saturated carbocycles. The first-order valence-electron chi connectivity index (χ1n) is 6.71. The van der Waals surface area contributed by atoms with E-state index in [1.807, 2.05) is 19.0 Å². The normalized spacial score (nSPS) is 11.0. The zero-order valence-electron chi connectivity index (χ0n) is 12.3. The fourth-order valence-corrected chi connectivity index (χ4v) is 2.81. The number of rotatable bonds is 2. The van der Waals surface area contributed by atoms with Crippen LogP contribution in [0.25, 0.3) is 16.7 Å². The second kappa shape index (κ2) is 5.76. The van der Waals surface area contributed by atoms with E-state index < -0.39 is 11.3 Å². The number of aromatic nitrogens is 1. The van der Waals surface area contributed by atoms with Crippen LogP contribution >= 0.6 is 23.2 Å². The lowest BCUT2D eigenvalue weighted by atomic mass is 10.2. The third-order valence-corrected chi connectivity index (χ3v) is 3.94. The second-order valence-electron chi connectivity index (χ2n) is 5.18. The summed E-state index contributed by atoms with van der Waals surface area (Å²) in [4.78, 5) is 26.8. The molecule has 118 valence electrons. The molecule has 23 heavy (non-hydrogen) atoms. The van der Waals surface area contributed by atoms with Crippen molar-refractivity contribution >= 4 is 39.9 Å². The van der Waals surface area contributed by atoms with Crippen molar-refractivity contribution in [1.29, 1.82) is 0 Å². The van der Waals surface area contributed by atoms with Crippen LogP contribution in [0.5, 0.6) is 0 Å². The van der Waals surface area contributed by atoms with Gasteiger partial charge in [-0.25, -0.2) is 9.36 Å². The Bertz CT molecular complexity index is 1000. The summed E-state index contributed by atoms with van der Waals surface area (Å²) in [5, 5.41) is 0.568. The van der Waals surface area contributed by atoms with Gasteiger partial charge in [0, 0.05) is 24.8 Å². The predicted molar refractivity (Wildman–Crippen MR) is 92.4 cm³/mol. The molecule has 3 rings (SSSR count). The second-order valence-corrected chi connectivity index (χ2v) is 6.03. The van der Waals surface area contributed by atoms with E-state index in [1.54, 1.807) is 24.3 Å². The summed E-state index contributed by atoms with van der Waals surface area (Å²) in [6, 6.07) is 9.80. The van der Waals surface area contributed by atoms with E-state index in [9.17, 15) is 9.59 Å². The summed E-state index contributed by atoms with van der Waals surface area (Å²) in [5.41, 5.74) is 0.857. The quantitative estimate of drug-likeness (QED) is 0.711. The third-order valence-electron chi connectivity index (χ3n) is 3.44. The highest BCUT2D eigenvalue weighted by molar-refractivity contribution is 6.38. The lowest BCUT2D eigenvalue weighted by Crippen LogP contribution is -2.31. The first-order chi connectivity index (χ1) is 10.9. The van der Waals surface area contributed by atoms with Gasteiger partial charge in [-0.1, -0.05) is 23.2 Å². The maximum atomic E-state index is 12.6. The largest absolute Gasteiger partial charge is 0.427 e. The van der Waals surface area contributed by atoms with Gasteiger partial charge in [-0.15, -0.1) is 0 Å². The number of benzene rings is 2. The van der Waals surface area contributed by atoms with E-state index in [4.69, 9.17) is 27.6 Å². The molecule has 0 unspecified atom stereocenters. The molecule has 0 saturated heterocycles. The highest BCUT2D eigenvalue weighted by Gasteiger charge is 2.14. The van der Waals surface area contributed by atoms with E-state index in [0.29, 0.717) is 10.7 Å². The SMILES string of the molecule is CN(C)c1ccc(-n2c(=O)oc3c(Cl)cc(Cl)cc3c2=O)cc1. The monoisotopic (exact) mass is 350 g/mol. The Morgan fingerprint density at radius 1 is 1.04 bits per heavy atom. The number of nitrogens with zero attached hydrogens (tertiary/aromatic N) is 2. The highest BCUT2D eigenvalue weighted by Crippen LogP contribution is 2.25. The van der Waals surface area contributed by atoms with Gasteiger partial charge in [0.1, 0.15) is 0 Å². The molecule has 1 heterocycles. The van der Waals surface area contributed by atoms with E-state index >= 15 is 0 Å². The van der Waals surface area contributed by atoms with Crippen LogP contribution in [0.4, 0.5) is 5.69 Å². The molecule has 1 aromatic heterocycles. The van der Waals surface area contributed by atoms with Gasteiger partial charge in [-0.3, -0.25) is 4.79 Å². The van der Waals surface area contributed by atoms with Crippen LogP contribution < -0.4 is 16.2 Å².